The quantitative estimate of drug-likeness (QED) is 0.551. The van der Waals surface area contributed by atoms with Gasteiger partial charge >= 0.3 is 0 Å². The Morgan fingerprint density at radius 2 is 2.00 bits per heavy atom. The standard InChI is InChI=1S/C23H33ClN2O/c1-6-23(5,15-27-22(3,4)17-8-7-9-17)14-26-21-16(2)13-25-20-12-18(24)10-11-19(20)21/h10-13,17H,6-9,14-15H2,1-5H3,(H,25,26). The van der Waals surface area contributed by atoms with Crippen molar-refractivity contribution in [2.45, 2.75) is 65.9 Å². The number of rotatable bonds is 8. The molecular formula is C23H33ClN2O. The van der Waals surface area contributed by atoms with Crippen LogP contribution in [0.1, 0.15) is 58.9 Å². The lowest BCUT2D eigenvalue weighted by Gasteiger charge is -2.42. The maximum Gasteiger partial charge on any atom is 0.0737 e. The Balaban J connectivity index is 1.71. The van der Waals surface area contributed by atoms with Crippen LogP contribution >= 0.6 is 11.6 Å². The molecule has 2 aromatic rings. The van der Waals surface area contributed by atoms with Crippen molar-refractivity contribution in [3.8, 4) is 0 Å². The van der Waals surface area contributed by atoms with E-state index >= 15 is 0 Å². The van der Waals surface area contributed by atoms with Crippen molar-refractivity contribution < 1.29 is 4.74 Å². The summed E-state index contributed by atoms with van der Waals surface area (Å²) >= 11 is 6.13. The lowest BCUT2D eigenvalue weighted by Crippen LogP contribution is -2.42. The second-order valence-electron chi connectivity index (χ2n) is 9.02. The van der Waals surface area contributed by atoms with Gasteiger partial charge in [-0.3, -0.25) is 4.98 Å². The van der Waals surface area contributed by atoms with Gasteiger partial charge in [0.25, 0.3) is 0 Å². The molecule has 0 saturated heterocycles. The number of hydrogen-bond acceptors (Lipinski definition) is 3. The van der Waals surface area contributed by atoms with Gasteiger partial charge in [-0.05, 0) is 69.7 Å². The van der Waals surface area contributed by atoms with Gasteiger partial charge in [0.1, 0.15) is 0 Å². The Morgan fingerprint density at radius 1 is 1.26 bits per heavy atom. The first-order valence-corrected chi connectivity index (χ1v) is 10.5. The van der Waals surface area contributed by atoms with Crippen molar-refractivity contribution in [3.63, 3.8) is 0 Å². The lowest BCUT2D eigenvalue weighted by atomic mass is 9.74. The fourth-order valence-electron chi connectivity index (χ4n) is 3.66. The minimum atomic E-state index is -0.0231. The van der Waals surface area contributed by atoms with E-state index < -0.39 is 0 Å². The normalized spacial score (nSPS) is 17.6. The molecule has 4 heteroatoms. The molecule has 0 aliphatic heterocycles. The first-order chi connectivity index (χ1) is 12.7. The highest BCUT2D eigenvalue weighted by molar-refractivity contribution is 6.31. The number of nitrogens with zero attached hydrogens (tertiary/aromatic N) is 1. The Kier molecular flexibility index (Phi) is 6.02. The number of hydrogen-bond donors (Lipinski definition) is 1. The van der Waals surface area contributed by atoms with Gasteiger partial charge in [-0.25, -0.2) is 0 Å². The zero-order chi connectivity index (χ0) is 19.7. The third-order valence-corrected chi connectivity index (χ3v) is 6.68. The topological polar surface area (TPSA) is 34.2 Å². The molecule has 0 bridgehead atoms. The van der Waals surface area contributed by atoms with E-state index in [-0.39, 0.29) is 11.0 Å². The van der Waals surface area contributed by atoms with Gasteiger partial charge in [0.2, 0.25) is 0 Å². The molecule has 0 spiro atoms. The molecule has 1 saturated carbocycles. The average Bonchev–Trinajstić information content (AvgIpc) is 2.57. The number of anilines is 1. The van der Waals surface area contributed by atoms with Crippen LogP contribution in [-0.2, 0) is 4.74 Å². The maximum atomic E-state index is 6.44. The minimum Gasteiger partial charge on any atom is -0.384 e. The molecule has 1 N–H and O–H groups in total. The molecular weight excluding hydrogens is 356 g/mol. The Morgan fingerprint density at radius 3 is 2.63 bits per heavy atom. The molecule has 1 fully saturated rings. The maximum absolute atomic E-state index is 6.44. The van der Waals surface area contributed by atoms with Crippen molar-refractivity contribution in [3.05, 3.63) is 35.0 Å². The molecule has 148 valence electrons. The van der Waals surface area contributed by atoms with Crippen LogP contribution in [0.4, 0.5) is 5.69 Å². The van der Waals surface area contributed by atoms with Gasteiger partial charge in [0.15, 0.2) is 0 Å². The van der Waals surface area contributed by atoms with E-state index in [0.717, 1.165) is 46.7 Å². The molecule has 1 aliphatic rings. The largest absolute Gasteiger partial charge is 0.384 e. The Bertz CT molecular complexity index is 800. The molecule has 1 atom stereocenters. The molecule has 1 unspecified atom stereocenters. The van der Waals surface area contributed by atoms with Crippen LogP contribution in [0.25, 0.3) is 10.9 Å². The van der Waals surface area contributed by atoms with Crippen molar-refractivity contribution in [2.24, 2.45) is 11.3 Å². The highest BCUT2D eigenvalue weighted by Crippen LogP contribution is 2.39. The third kappa shape index (κ3) is 4.57. The summed E-state index contributed by atoms with van der Waals surface area (Å²) in [6.07, 6.45) is 6.94. The monoisotopic (exact) mass is 388 g/mol. The highest BCUT2D eigenvalue weighted by Gasteiger charge is 2.36. The molecule has 0 radical (unpaired) electrons. The van der Waals surface area contributed by atoms with Crippen molar-refractivity contribution >= 4 is 28.2 Å². The van der Waals surface area contributed by atoms with E-state index in [1.807, 2.05) is 18.3 Å². The van der Waals surface area contributed by atoms with Gasteiger partial charge < -0.3 is 10.1 Å². The summed E-state index contributed by atoms with van der Waals surface area (Å²) in [6, 6.07) is 5.91. The van der Waals surface area contributed by atoms with E-state index in [9.17, 15) is 0 Å². The molecule has 27 heavy (non-hydrogen) atoms. The van der Waals surface area contributed by atoms with E-state index in [2.05, 4.69) is 51.0 Å². The molecule has 1 heterocycles. The summed E-state index contributed by atoms with van der Waals surface area (Å²) in [6.45, 7) is 12.8. The summed E-state index contributed by atoms with van der Waals surface area (Å²) < 4.78 is 6.44. The SMILES string of the molecule is CCC(C)(CNc1c(C)cnc2cc(Cl)ccc12)COC(C)(C)C1CCC1. The van der Waals surface area contributed by atoms with Crippen molar-refractivity contribution in [1.82, 2.24) is 4.98 Å². The minimum absolute atomic E-state index is 0.0231. The third-order valence-electron chi connectivity index (χ3n) is 6.45. The van der Waals surface area contributed by atoms with Gasteiger partial charge in [-0.1, -0.05) is 31.9 Å². The van der Waals surface area contributed by atoms with Gasteiger partial charge in [0.05, 0.1) is 17.7 Å². The van der Waals surface area contributed by atoms with Gasteiger partial charge in [-0.2, -0.15) is 0 Å². The van der Waals surface area contributed by atoms with Crippen LogP contribution in [-0.4, -0.2) is 23.7 Å². The molecule has 3 nitrogen and oxygen atoms in total. The number of ether oxygens (including phenoxy) is 1. The van der Waals surface area contributed by atoms with Crippen LogP contribution in [0.3, 0.4) is 0 Å². The smallest absolute Gasteiger partial charge is 0.0737 e. The molecule has 3 rings (SSSR count). The summed E-state index contributed by atoms with van der Waals surface area (Å²) in [7, 11) is 0. The number of aromatic nitrogens is 1. The lowest BCUT2D eigenvalue weighted by molar-refractivity contribution is -0.109. The fraction of sp³-hybridized carbons (Fsp3) is 0.609. The number of pyridine rings is 1. The molecule has 0 amide bonds. The zero-order valence-electron chi connectivity index (χ0n) is 17.4. The van der Waals surface area contributed by atoms with Crippen LogP contribution in [0.2, 0.25) is 5.02 Å². The first kappa shape index (κ1) is 20.4. The second-order valence-corrected chi connectivity index (χ2v) is 9.45. The van der Waals surface area contributed by atoms with Crippen LogP contribution < -0.4 is 5.32 Å². The predicted octanol–water partition coefficient (Wildman–Crippen LogP) is 6.62. The number of benzene rings is 1. The van der Waals surface area contributed by atoms with Crippen LogP contribution in [0.5, 0.6) is 0 Å². The predicted molar refractivity (Wildman–Crippen MR) is 116 cm³/mol. The van der Waals surface area contributed by atoms with Crippen LogP contribution in [0.15, 0.2) is 24.4 Å². The van der Waals surface area contributed by atoms with Crippen molar-refractivity contribution in [2.75, 3.05) is 18.5 Å². The number of fused-ring (bicyclic) bond motifs is 1. The number of halogens is 1. The van der Waals surface area contributed by atoms with Gasteiger partial charge in [0, 0.05) is 34.3 Å². The molecule has 1 aromatic carbocycles. The number of aryl methyl sites for hydroxylation is 1. The number of nitrogens with one attached hydrogen (secondary N) is 1. The zero-order valence-corrected chi connectivity index (χ0v) is 18.1. The highest BCUT2D eigenvalue weighted by atomic mass is 35.5. The fourth-order valence-corrected chi connectivity index (χ4v) is 3.83. The summed E-state index contributed by atoms with van der Waals surface area (Å²) in [5, 5.41) is 5.53. The van der Waals surface area contributed by atoms with E-state index in [0.29, 0.717) is 5.92 Å². The van der Waals surface area contributed by atoms with Crippen LogP contribution in [0, 0.1) is 18.3 Å². The van der Waals surface area contributed by atoms with E-state index in [1.165, 1.54) is 19.3 Å². The Labute approximate surface area is 168 Å². The Hall–Kier alpha value is -1.32. The van der Waals surface area contributed by atoms with Crippen molar-refractivity contribution in [1.29, 1.82) is 0 Å². The molecule has 1 aromatic heterocycles. The summed E-state index contributed by atoms with van der Waals surface area (Å²) in [4.78, 5) is 4.52. The average molecular weight is 389 g/mol. The summed E-state index contributed by atoms with van der Waals surface area (Å²) in [5.41, 5.74) is 3.28. The molecule has 1 aliphatic carbocycles. The van der Waals surface area contributed by atoms with E-state index in [4.69, 9.17) is 16.3 Å². The summed E-state index contributed by atoms with van der Waals surface area (Å²) in [5.74, 6) is 0.711. The second kappa shape index (κ2) is 7.97. The van der Waals surface area contributed by atoms with Gasteiger partial charge in [-0.15, -0.1) is 0 Å². The van der Waals surface area contributed by atoms with E-state index in [1.54, 1.807) is 0 Å². The first-order valence-electron chi connectivity index (χ1n) is 10.2.